The van der Waals surface area contributed by atoms with E-state index in [1.165, 1.54) is 0 Å². The second kappa shape index (κ2) is 10.7. The van der Waals surface area contributed by atoms with Crippen LogP contribution in [0.15, 0.2) is 84.9 Å². The molecule has 6 aromatic rings. The van der Waals surface area contributed by atoms with Gasteiger partial charge in [-0.1, -0.05) is 100 Å². The van der Waals surface area contributed by atoms with E-state index in [-0.39, 0.29) is 0 Å². The van der Waals surface area contributed by atoms with E-state index in [1.54, 1.807) is 0 Å². The van der Waals surface area contributed by atoms with Gasteiger partial charge < -0.3 is 0 Å². The third kappa shape index (κ3) is 4.33. The van der Waals surface area contributed by atoms with Crippen LogP contribution in [-0.4, -0.2) is 0 Å². The number of benzene rings is 6. The van der Waals surface area contributed by atoms with Gasteiger partial charge in [-0.25, -0.2) is 0 Å². The fourth-order valence-electron chi connectivity index (χ4n) is 5.08. The molecule has 5 heteroatoms. The highest BCUT2D eigenvalue weighted by molar-refractivity contribution is 9.08. The summed E-state index contributed by atoms with van der Waals surface area (Å²) in [6.07, 6.45) is 0. The fourth-order valence-corrected chi connectivity index (χ4v) is 5.43. The van der Waals surface area contributed by atoms with Crippen molar-refractivity contribution in [3.8, 4) is 24.3 Å². The van der Waals surface area contributed by atoms with Crippen LogP contribution in [0, 0.1) is 52.2 Å². The molecule has 0 aliphatic carbocycles. The minimum atomic E-state index is 0.635. The number of halogens is 1. The van der Waals surface area contributed by atoms with Crippen molar-refractivity contribution in [1.29, 1.82) is 21.0 Å². The number of nitriles is 4. The Kier molecular flexibility index (Phi) is 6.95. The topological polar surface area (TPSA) is 95.2 Å². The van der Waals surface area contributed by atoms with Gasteiger partial charge in [0.25, 0.3) is 0 Å². The average Bonchev–Trinajstić information content (AvgIpc) is 2.98. The zero-order chi connectivity index (χ0) is 27.5. The zero-order valence-electron chi connectivity index (χ0n) is 21.0. The maximum atomic E-state index is 9.52. The molecule has 0 fully saturated rings. The van der Waals surface area contributed by atoms with Crippen molar-refractivity contribution >= 4 is 59.0 Å². The number of hydrogen-bond acceptors (Lipinski definition) is 4. The summed E-state index contributed by atoms with van der Waals surface area (Å²) in [4.78, 5) is 0. The first kappa shape index (κ1) is 25.4. The van der Waals surface area contributed by atoms with E-state index in [9.17, 15) is 21.0 Å². The van der Waals surface area contributed by atoms with E-state index in [0.717, 1.165) is 59.5 Å². The summed E-state index contributed by atoms with van der Waals surface area (Å²) in [5.41, 5.74) is 4.74. The molecule has 0 aromatic heterocycles. The van der Waals surface area contributed by atoms with Crippen LogP contribution in [-0.2, 0) is 5.33 Å². The molecule has 39 heavy (non-hydrogen) atoms. The lowest BCUT2D eigenvalue weighted by Gasteiger charge is -2.09. The molecular formula is C34H19BrN4. The quantitative estimate of drug-likeness (QED) is 0.148. The Morgan fingerprint density at radius 2 is 0.846 bits per heavy atom. The maximum absolute atomic E-state index is 9.52. The highest BCUT2D eigenvalue weighted by atomic mass is 79.9. The highest BCUT2D eigenvalue weighted by Crippen LogP contribution is 2.34. The molecule has 0 radical (unpaired) electrons. The van der Waals surface area contributed by atoms with Gasteiger partial charge >= 0.3 is 0 Å². The summed E-state index contributed by atoms with van der Waals surface area (Å²) in [7, 11) is 0. The molecule has 0 bridgehead atoms. The van der Waals surface area contributed by atoms with Gasteiger partial charge in [-0.3, -0.25) is 0 Å². The van der Waals surface area contributed by atoms with Crippen molar-refractivity contribution in [1.82, 2.24) is 0 Å². The van der Waals surface area contributed by atoms with E-state index in [2.05, 4.69) is 40.2 Å². The van der Waals surface area contributed by atoms with Gasteiger partial charge in [-0.15, -0.1) is 0 Å². The van der Waals surface area contributed by atoms with Crippen LogP contribution in [0.2, 0.25) is 0 Å². The van der Waals surface area contributed by atoms with Crippen molar-refractivity contribution in [3.05, 3.63) is 118 Å². The third-order valence-electron chi connectivity index (χ3n) is 6.87. The van der Waals surface area contributed by atoms with E-state index >= 15 is 0 Å². The molecule has 0 saturated heterocycles. The predicted octanol–water partition coefficient (Wildman–Crippen LogP) is 8.68. The Labute approximate surface area is 234 Å². The van der Waals surface area contributed by atoms with Crippen LogP contribution >= 0.6 is 15.9 Å². The van der Waals surface area contributed by atoms with Crippen molar-refractivity contribution in [3.63, 3.8) is 0 Å². The number of nitrogens with zero attached hydrogens (tertiary/aromatic N) is 4. The number of hydrogen-bond donors (Lipinski definition) is 0. The average molecular weight is 563 g/mol. The number of fused-ring (bicyclic) bond motifs is 4. The van der Waals surface area contributed by atoms with E-state index in [1.807, 2.05) is 91.9 Å². The van der Waals surface area contributed by atoms with Crippen molar-refractivity contribution in [2.45, 2.75) is 12.3 Å². The molecule has 4 nitrogen and oxygen atoms in total. The Morgan fingerprint density at radius 1 is 0.487 bits per heavy atom. The van der Waals surface area contributed by atoms with Crippen LogP contribution < -0.4 is 0 Å². The van der Waals surface area contributed by atoms with E-state index in [0.29, 0.717) is 22.3 Å². The third-order valence-corrected chi connectivity index (χ3v) is 7.52. The van der Waals surface area contributed by atoms with Crippen molar-refractivity contribution < 1.29 is 0 Å². The van der Waals surface area contributed by atoms with Gasteiger partial charge in [0.15, 0.2) is 0 Å². The first-order chi connectivity index (χ1) is 19.1. The SMILES string of the molecule is Cc1ccc2c(C#N)c3ccccc3c(C#N)c2c1.N#Cc1c2ccccc2c(C#N)c2cc(CBr)ccc12. The van der Waals surface area contributed by atoms with Gasteiger partial charge in [0.1, 0.15) is 24.3 Å². The number of aryl methyl sites for hydroxylation is 1. The molecule has 0 saturated carbocycles. The minimum Gasteiger partial charge on any atom is -0.192 e. The molecule has 0 amide bonds. The standard InChI is InChI=1S/C17H9BrN2.C17H10N2/c18-8-11-5-6-14-15(7-11)17(10-20)13-4-2-1-3-12(13)16(14)9-19;1-11-6-7-14-15(8-11)17(10-19)13-5-3-2-4-12(13)16(14)9-18/h1-7H,8H2;2-8H,1H3. The lowest BCUT2D eigenvalue weighted by atomic mass is 9.92. The van der Waals surface area contributed by atoms with Crippen LogP contribution in [0.25, 0.3) is 43.1 Å². The lowest BCUT2D eigenvalue weighted by Crippen LogP contribution is -1.91. The molecule has 0 heterocycles. The van der Waals surface area contributed by atoms with E-state index < -0.39 is 0 Å². The first-order valence-corrected chi connectivity index (χ1v) is 13.3. The lowest BCUT2D eigenvalue weighted by molar-refractivity contribution is 1.45. The molecule has 0 N–H and O–H groups in total. The Hall–Kier alpha value is -5.20. The Morgan fingerprint density at radius 3 is 1.26 bits per heavy atom. The fraction of sp³-hybridized carbons (Fsp3) is 0.0588. The molecule has 0 aliphatic heterocycles. The Bertz CT molecular complexity index is 2120. The monoisotopic (exact) mass is 562 g/mol. The molecule has 6 rings (SSSR count). The molecule has 182 valence electrons. The second-order valence-electron chi connectivity index (χ2n) is 9.10. The van der Waals surface area contributed by atoms with Gasteiger partial charge in [0, 0.05) is 48.4 Å². The summed E-state index contributed by atoms with van der Waals surface area (Å²) in [6.45, 7) is 1.99. The maximum Gasteiger partial charge on any atom is 0.100 e. The molecule has 0 aliphatic rings. The number of alkyl halides is 1. The van der Waals surface area contributed by atoms with Gasteiger partial charge in [0.2, 0.25) is 0 Å². The van der Waals surface area contributed by atoms with Crippen LogP contribution in [0.1, 0.15) is 33.4 Å². The summed E-state index contributed by atoms with van der Waals surface area (Å²) < 4.78 is 0. The molecular weight excluding hydrogens is 544 g/mol. The summed E-state index contributed by atoms with van der Waals surface area (Å²) >= 11 is 3.43. The molecule has 6 aromatic carbocycles. The second-order valence-corrected chi connectivity index (χ2v) is 9.66. The minimum absolute atomic E-state index is 0.635. The molecule has 0 spiro atoms. The van der Waals surface area contributed by atoms with Crippen molar-refractivity contribution in [2.75, 3.05) is 0 Å². The molecule has 0 unspecified atom stereocenters. The zero-order valence-corrected chi connectivity index (χ0v) is 22.5. The normalized spacial score (nSPS) is 10.3. The molecule has 0 atom stereocenters. The van der Waals surface area contributed by atoms with Crippen LogP contribution in [0.5, 0.6) is 0 Å². The van der Waals surface area contributed by atoms with Crippen LogP contribution in [0.4, 0.5) is 0 Å². The first-order valence-electron chi connectivity index (χ1n) is 12.1. The van der Waals surface area contributed by atoms with Gasteiger partial charge in [0.05, 0.1) is 22.3 Å². The van der Waals surface area contributed by atoms with Gasteiger partial charge in [-0.05, 0) is 18.6 Å². The summed E-state index contributed by atoms with van der Waals surface area (Å²) in [6, 6.07) is 36.1. The Balaban J connectivity index is 0.000000158. The summed E-state index contributed by atoms with van der Waals surface area (Å²) in [5, 5.41) is 45.4. The highest BCUT2D eigenvalue weighted by Gasteiger charge is 2.14. The van der Waals surface area contributed by atoms with E-state index in [4.69, 9.17) is 0 Å². The van der Waals surface area contributed by atoms with Crippen LogP contribution in [0.3, 0.4) is 0 Å². The smallest absolute Gasteiger partial charge is 0.100 e. The summed E-state index contributed by atoms with van der Waals surface area (Å²) in [5.74, 6) is 0. The van der Waals surface area contributed by atoms with Crippen molar-refractivity contribution in [2.24, 2.45) is 0 Å². The van der Waals surface area contributed by atoms with Gasteiger partial charge in [-0.2, -0.15) is 21.0 Å². The largest absolute Gasteiger partial charge is 0.192 e. The number of rotatable bonds is 1. The predicted molar refractivity (Wildman–Crippen MR) is 159 cm³/mol.